The molecule has 1 N–H and O–H groups in total. The van der Waals surface area contributed by atoms with E-state index in [1.165, 1.54) is 19.3 Å². The molecule has 2 saturated carbocycles. The van der Waals surface area contributed by atoms with Crippen LogP contribution in [-0.2, 0) is 4.74 Å². The summed E-state index contributed by atoms with van der Waals surface area (Å²) < 4.78 is 6.23. The first-order valence-corrected chi connectivity index (χ1v) is 9.61. The topological polar surface area (TPSA) is 35.9 Å². The van der Waals surface area contributed by atoms with Crippen LogP contribution in [-0.4, -0.2) is 73.0 Å². The van der Waals surface area contributed by atoms with Gasteiger partial charge in [-0.05, 0) is 42.6 Å². The van der Waals surface area contributed by atoms with Crippen molar-refractivity contribution in [1.82, 2.24) is 9.80 Å². The zero-order chi connectivity index (χ0) is 16.7. The highest BCUT2D eigenvalue weighted by molar-refractivity contribution is 5.11. The van der Waals surface area contributed by atoms with Crippen LogP contribution >= 0.6 is 0 Å². The fourth-order valence-electron chi connectivity index (χ4n) is 5.25. The maximum atomic E-state index is 10.4. The van der Waals surface area contributed by atoms with Gasteiger partial charge in [0.05, 0.1) is 18.8 Å². The van der Waals surface area contributed by atoms with Gasteiger partial charge in [0.1, 0.15) is 0 Å². The monoisotopic (exact) mass is 324 g/mol. The molecular formula is C19H36N2O2. The fourth-order valence-corrected chi connectivity index (χ4v) is 5.25. The number of rotatable bonds is 6. The van der Waals surface area contributed by atoms with Gasteiger partial charge in [-0.3, -0.25) is 4.90 Å². The van der Waals surface area contributed by atoms with Gasteiger partial charge < -0.3 is 14.7 Å². The summed E-state index contributed by atoms with van der Waals surface area (Å²) in [7, 11) is 0. The molecule has 3 aliphatic rings. The second kappa shape index (κ2) is 6.62. The van der Waals surface area contributed by atoms with Crippen LogP contribution in [0.4, 0.5) is 0 Å². The fraction of sp³-hybridized carbons (Fsp3) is 1.00. The van der Waals surface area contributed by atoms with E-state index >= 15 is 0 Å². The summed E-state index contributed by atoms with van der Waals surface area (Å²) in [5.41, 5.74) is 0.684. The number of ether oxygens (including phenoxy) is 1. The largest absolute Gasteiger partial charge is 0.389 e. The molecule has 1 saturated heterocycles. The van der Waals surface area contributed by atoms with Gasteiger partial charge in [-0.2, -0.15) is 0 Å². The lowest BCUT2D eigenvalue weighted by Gasteiger charge is -2.39. The normalized spacial score (nSPS) is 39.0. The number of likely N-dealkylation sites (N-methyl/N-ethyl adjacent to an activating group) is 1. The average Bonchev–Trinajstić information content (AvgIpc) is 2.86. The second-order valence-corrected chi connectivity index (χ2v) is 8.82. The van der Waals surface area contributed by atoms with Crippen molar-refractivity contribution in [2.75, 3.05) is 45.9 Å². The van der Waals surface area contributed by atoms with Crippen LogP contribution in [0.2, 0.25) is 0 Å². The van der Waals surface area contributed by atoms with Crippen LogP contribution in [0.25, 0.3) is 0 Å². The van der Waals surface area contributed by atoms with Gasteiger partial charge in [0, 0.05) is 32.7 Å². The van der Waals surface area contributed by atoms with Crippen molar-refractivity contribution in [3.8, 4) is 0 Å². The van der Waals surface area contributed by atoms with Crippen molar-refractivity contribution < 1.29 is 9.84 Å². The number of fused-ring (bicyclic) bond motifs is 2. The van der Waals surface area contributed by atoms with Gasteiger partial charge in [0.25, 0.3) is 0 Å². The summed E-state index contributed by atoms with van der Waals surface area (Å²) in [6.07, 6.45) is 3.81. The van der Waals surface area contributed by atoms with Gasteiger partial charge in [-0.25, -0.2) is 0 Å². The molecule has 1 aliphatic heterocycles. The molecule has 0 unspecified atom stereocenters. The predicted molar refractivity (Wildman–Crippen MR) is 93.5 cm³/mol. The molecule has 23 heavy (non-hydrogen) atoms. The maximum Gasteiger partial charge on any atom is 0.0900 e. The Hall–Kier alpha value is -0.160. The van der Waals surface area contributed by atoms with Gasteiger partial charge >= 0.3 is 0 Å². The van der Waals surface area contributed by atoms with Crippen molar-refractivity contribution in [2.45, 2.75) is 59.2 Å². The van der Waals surface area contributed by atoms with Crippen molar-refractivity contribution in [2.24, 2.45) is 16.7 Å². The Kier molecular flexibility index (Phi) is 5.09. The number of piperazine rings is 1. The minimum Gasteiger partial charge on any atom is -0.389 e. The Labute approximate surface area is 142 Å². The van der Waals surface area contributed by atoms with Crippen LogP contribution < -0.4 is 0 Å². The third-order valence-corrected chi connectivity index (χ3v) is 7.58. The van der Waals surface area contributed by atoms with Gasteiger partial charge in [-0.15, -0.1) is 0 Å². The molecule has 1 heterocycles. The lowest BCUT2D eigenvalue weighted by atomic mass is 9.70. The summed E-state index contributed by atoms with van der Waals surface area (Å²) in [5, 5.41) is 10.4. The quantitative estimate of drug-likeness (QED) is 0.813. The molecule has 0 aromatic carbocycles. The minimum atomic E-state index is -0.353. The summed E-state index contributed by atoms with van der Waals surface area (Å²) >= 11 is 0. The first-order chi connectivity index (χ1) is 10.9. The molecule has 4 heteroatoms. The molecule has 134 valence electrons. The number of aliphatic hydroxyl groups is 1. The van der Waals surface area contributed by atoms with Crippen molar-refractivity contribution in [1.29, 1.82) is 0 Å². The molecule has 4 atom stereocenters. The van der Waals surface area contributed by atoms with E-state index in [-0.39, 0.29) is 6.10 Å². The number of β-amino-alcohol motifs (C(OH)–C–C–N with tert-alkyl or cyclic N) is 1. The summed E-state index contributed by atoms with van der Waals surface area (Å²) in [4.78, 5) is 4.85. The van der Waals surface area contributed by atoms with Crippen LogP contribution in [0.5, 0.6) is 0 Å². The first kappa shape index (κ1) is 17.7. The third-order valence-electron chi connectivity index (χ3n) is 7.58. The van der Waals surface area contributed by atoms with Gasteiger partial charge in [0.15, 0.2) is 0 Å². The number of hydrogen-bond donors (Lipinski definition) is 1. The standard InChI is InChI=1S/C19H36N2O2/c1-5-20-8-10-21(11-9-20)13-16(22)14-23-17-12-15-6-7-19(17,4)18(15,2)3/h15-17,22H,5-14H2,1-4H3/t15-,16+,17+,19-/m0/s1. The zero-order valence-corrected chi connectivity index (χ0v) is 15.6. The lowest BCUT2D eigenvalue weighted by Crippen LogP contribution is -2.49. The molecule has 0 radical (unpaired) electrons. The van der Waals surface area contributed by atoms with Gasteiger partial charge in [0.2, 0.25) is 0 Å². The number of hydrogen-bond acceptors (Lipinski definition) is 4. The van der Waals surface area contributed by atoms with E-state index < -0.39 is 0 Å². The molecule has 3 rings (SSSR count). The smallest absolute Gasteiger partial charge is 0.0900 e. The van der Waals surface area contributed by atoms with Crippen LogP contribution in [0.15, 0.2) is 0 Å². The molecule has 0 aromatic rings. The van der Waals surface area contributed by atoms with Crippen molar-refractivity contribution >= 4 is 0 Å². The van der Waals surface area contributed by atoms with Crippen LogP contribution in [0.1, 0.15) is 47.0 Å². The molecular weight excluding hydrogens is 288 g/mol. The van der Waals surface area contributed by atoms with E-state index in [1.54, 1.807) is 0 Å². The molecule has 0 spiro atoms. The Balaban J connectivity index is 1.43. The van der Waals surface area contributed by atoms with E-state index in [0.29, 0.717) is 23.5 Å². The second-order valence-electron chi connectivity index (χ2n) is 8.82. The molecule has 2 bridgehead atoms. The van der Waals surface area contributed by atoms with Crippen LogP contribution in [0, 0.1) is 16.7 Å². The van der Waals surface area contributed by atoms with E-state index in [4.69, 9.17) is 4.74 Å². The van der Waals surface area contributed by atoms with E-state index in [2.05, 4.69) is 37.5 Å². The highest BCUT2D eigenvalue weighted by atomic mass is 16.5. The minimum absolute atomic E-state index is 0.296. The van der Waals surface area contributed by atoms with Crippen molar-refractivity contribution in [3.63, 3.8) is 0 Å². The molecule has 2 aliphatic carbocycles. The SMILES string of the molecule is CCN1CCN(C[C@@H](O)CO[C@@H]2C[C@@H]3CC[C@]2(C)C3(C)C)CC1. The van der Waals surface area contributed by atoms with E-state index in [0.717, 1.165) is 45.2 Å². The maximum absolute atomic E-state index is 10.4. The van der Waals surface area contributed by atoms with E-state index in [9.17, 15) is 5.11 Å². The third kappa shape index (κ3) is 3.20. The Morgan fingerprint density at radius 2 is 1.78 bits per heavy atom. The molecule has 0 aromatic heterocycles. The first-order valence-electron chi connectivity index (χ1n) is 9.61. The summed E-state index contributed by atoms with van der Waals surface area (Å²) in [5.74, 6) is 0.803. The Morgan fingerprint density at radius 3 is 2.30 bits per heavy atom. The molecule has 0 amide bonds. The number of nitrogens with zero attached hydrogens (tertiary/aromatic N) is 2. The number of aliphatic hydroxyl groups excluding tert-OH is 1. The van der Waals surface area contributed by atoms with Crippen molar-refractivity contribution in [3.05, 3.63) is 0 Å². The predicted octanol–water partition coefficient (Wildman–Crippen LogP) is 2.22. The molecule has 3 fully saturated rings. The summed E-state index contributed by atoms with van der Waals surface area (Å²) in [6, 6.07) is 0. The van der Waals surface area contributed by atoms with Gasteiger partial charge in [-0.1, -0.05) is 27.7 Å². The zero-order valence-electron chi connectivity index (χ0n) is 15.6. The van der Waals surface area contributed by atoms with Crippen LogP contribution in [0.3, 0.4) is 0 Å². The van der Waals surface area contributed by atoms with E-state index in [1.807, 2.05) is 0 Å². The molecule has 4 nitrogen and oxygen atoms in total. The highest BCUT2D eigenvalue weighted by Gasteiger charge is 2.61. The lowest BCUT2D eigenvalue weighted by molar-refractivity contribution is -0.0806. The Morgan fingerprint density at radius 1 is 1.13 bits per heavy atom. The highest BCUT2D eigenvalue weighted by Crippen LogP contribution is 2.66. The summed E-state index contributed by atoms with van der Waals surface area (Å²) in [6.45, 7) is 16.2. The Bertz CT molecular complexity index is 406. The average molecular weight is 325 g/mol.